The predicted molar refractivity (Wildman–Crippen MR) is 151 cm³/mol. The Morgan fingerprint density at radius 3 is 0.800 bits per heavy atom. The van der Waals surface area contributed by atoms with Crippen LogP contribution in [0.4, 0.5) is 34.9 Å². The number of hydrogen-bond acceptors (Lipinski definition) is 12. The van der Waals surface area contributed by atoms with Crippen LogP contribution < -0.4 is 16.0 Å². The maximum Gasteiger partial charge on any atom is 0.336 e. The lowest BCUT2D eigenvalue weighted by atomic mass is 10.1. The molecule has 0 bridgehead atoms. The number of benzene rings is 3. The van der Waals surface area contributed by atoms with E-state index in [1.807, 2.05) is 0 Å². The van der Waals surface area contributed by atoms with E-state index in [0.29, 0.717) is 0 Å². The fourth-order valence-electron chi connectivity index (χ4n) is 3.89. The van der Waals surface area contributed by atoms with Crippen molar-refractivity contribution in [1.29, 1.82) is 0 Å². The van der Waals surface area contributed by atoms with Crippen LogP contribution in [-0.2, 0) is 0 Å². The highest BCUT2D eigenvalue weighted by Gasteiger charge is 2.20. The molecule has 0 unspecified atom stereocenters. The van der Waals surface area contributed by atoms with E-state index < -0.39 is 69.2 Å². The molecule has 3 aromatic carbocycles. The third-order valence-electron chi connectivity index (χ3n) is 5.84. The second-order valence-corrected chi connectivity index (χ2v) is 8.79. The van der Waals surface area contributed by atoms with Crippen molar-refractivity contribution in [3.05, 3.63) is 88.0 Å². The molecule has 4 aromatic rings. The Balaban J connectivity index is 1.78. The minimum Gasteiger partial charge on any atom is -0.478 e. The van der Waals surface area contributed by atoms with Gasteiger partial charge in [0.15, 0.2) is 0 Å². The van der Waals surface area contributed by atoms with Crippen LogP contribution in [0, 0.1) is 0 Å². The maximum atomic E-state index is 11.6. The average molecular weight is 618 g/mol. The number of carbonyl (C=O) groups is 6. The summed E-state index contributed by atoms with van der Waals surface area (Å²) in [6.45, 7) is 0. The van der Waals surface area contributed by atoms with Crippen molar-refractivity contribution < 1.29 is 59.4 Å². The molecular weight excluding hydrogens is 600 g/mol. The van der Waals surface area contributed by atoms with Gasteiger partial charge in [0.1, 0.15) is 0 Å². The largest absolute Gasteiger partial charge is 0.478 e. The van der Waals surface area contributed by atoms with E-state index in [-0.39, 0.29) is 34.9 Å². The van der Waals surface area contributed by atoms with Gasteiger partial charge >= 0.3 is 35.8 Å². The van der Waals surface area contributed by atoms with Gasteiger partial charge in [-0.2, -0.15) is 15.0 Å². The molecule has 9 N–H and O–H groups in total. The zero-order valence-corrected chi connectivity index (χ0v) is 22.2. The molecular formula is C27H18N6O12. The van der Waals surface area contributed by atoms with Gasteiger partial charge in [-0.25, -0.2) is 28.8 Å². The van der Waals surface area contributed by atoms with Gasteiger partial charge in [-0.05, 0) is 54.6 Å². The van der Waals surface area contributed by atoms with E-state index >= 15 is 0 Å². The van der Waals surface area contributed by atoms with Crippen molar-refractivity contribution in [3.63, 3.8) is 0 Å². The van der Waals surface area contributed by atoms with Crippen molar-refractivity contribution in [2.75, 3.05) is 16.0 Å². The van der Waals surface area contributed by atoms with E-state index in [2.05, 4.69) is 30.9 Å². The molecule has 18 nitrogen and oxygen atoms in total. The van der Waals surface area contributed by atoms with E-state index in [1.165, 1.54) is 18.2 Å². The third kappa shape index (κ3) is 7.04. The number of anilines is 6. The van der Waals surface area contributed by atoms with Gasteiger partial charge in [-0.3, -0.25) is 0 Å². The summed E-state index contributed by atoms with van der Waals surface area (Å²) in [6.07, 6.45) is 0. The number of rotatable bonds is 12. The molecule has 0 aliphatic heterocycles. The summed E-state index contributed by atoms with van der Waals surface area (Å²) in [5.74, 6) is -9.90. The Hall–Kier alpha value is -7.11. The number of carboxylic acids is 6. The molecule has 0 atom stereocenters. The van der Waals surface area contributed by atoms with Gasteiger partial charge in [0, 0.05) is 17.1 Å². The standard InChI is InChI=1S/C27H18N6O12/c34-19(35)13-4-1-10(7-16(13)22(40)41)28-25-31-26(29-11-2-5-14(20(36)37)17(8-11)23(42)43)33-27(32-25)30-12-3-6-15(21(38)39)18(9-12)24(44)45/h1-9H,(H,34,35)(H,36,37)(H,38,39)(H,40,41)(H,42,43)(H,44,45)(H3,28,29,30,31,32,33). The van der Waals surface area contributed by atoms with E-state index in [9.17, 15) is 59.4 Å². The summed E-state index contributed by atoms with van der Waals surface area (Å²) < 4.78 is 0. The van der Waals surface area contributed by atoms with Gasteiger partial charge in [0.2, 0.25) is 17.8 Å². The molecule has 1 aromatic heterocycles. The second kappa shape index (κ2) is 12.4. The molecule has 0 amide bonds. The Kier molecular flexibility index (Phi) is 8.50. The highest BCUT2D eigenvalue weighted by Crippen LogP contribution is 2.25. The normalized spacial score (nSPS) is 10.4. The van der Waals surface area contributed by atoms with Crippen molar-refractivity contribution in [3.8, 4) is 0 Å². The van der Waals surface area contributed by atoms with Gasteiger partial charge in [0.05, 0.1) is 33.4 Å². The van der Waals surface area contributed by atoms with Crippen molar-refractivity contribution in [1.82, 2.24) is 15.0 Å². The van der Waals surface area contributed by atoms with Crippen molar-refractivity contribution >= 4 is 70.7 Å². The van der Waals surface area contributed by atoms with Gasteiger partial charge in [-0.15, -0.1) is 0 Å². The summed E-state index contributed by atoms with van der Waals surface area (Å²) in [4.78, 5) is 81.5. The fourth-order valence-corrected chi connectivity index (χ4v) is 3.89. The Morgan fingerprint density at radius 2 is 0.600 bits per heavy atom. The van der Waals surface area contributed by atoms with E-state index in [4.69, 9.17) is 0 Å². The molecule has 0 saturated carbocycles. The molecule has 4 rings (SSSR count). The van der Waals surface area contributed by atoms with Gasteiger partial charge in [0.25, 0.3) is 0 Å². The molecule has 228 valence electrons. The molecule has 0 aliphatic carbocycles. The van der Waals surface area contributed by atoms with Crippen LogP contribution in [0.2, 0.25) is 0 Å². The first-order valence-corrected chi connectivity index (χ1v) is 12.1. The molecule has 0 fully saturated rings. The molecule has 0 spiro atoms. The second-order valence-electron chi connectivity index (χ2n) is 8.79. The minimum atomic E-state index is -1.53. The maximum absolute atomic E-state index is 11.6. The van der Waals surface area contributed by atoms with Crippen LogP contribution in [0.15, 0.2) is 54.6 Å². The van der Waals surface area contributed by atoms with Crippen LogP contribution in [0.25, 0.3) is 0 Å². The van der Waals surface area contributed by atoms with Crippen LogP contribution >= 0.6 is 0 Å². The molecule has 0 aliphatic rings. The van der Waals surface area contributed by atoms with Crippen molar-refractivity contribution in [2.45, 2.75) is 0 Å². The highest BCUT2D eigenvalue weighted by molar-refractivity contribution is 6.04. The number of nitrogens with one attached hydrogen (secondary N) is 3. The van der Waals surface area contributed by atoms with Gasteiger partial charge in [-0.1, -0.05) is 0 Å². The first-order chi connectivity index (χ1) is 21.2. The monoisotopic (exact) mass is 618 g/mol. The van der Waals surface area contributed by atoms with Crippen LogP contribution in [0.1, 0.15) is 62.1 Å². The number of aromatic carboxylic acids is 6. The summed E-state index contributed by atoms with van der Waals surface area (Å²) >= 11 is 0. The van der Waals surface area contributed by atoms with Crippen LogP contribution in [0.3, 0.4) is 0 Å². The lowest BCUT2D eigenvalue weighted by Crippen LogP contribution is -2.11. The first-order valence-electron chi connectivity index (χ1n) is 12.1. The zero-order chi connectivity index (χ0) is 33.0. The van der Waals surface area contributed by atoms with Crippen LogP contribution in [-0.4, -0.2) is 81.4 Å². The summed E-state index contributed by atoms with van der Waals surface area (Å²) in [7, 11) is 0. The van der Waals surface area contributed by atoms with E-state index in [1.54, 1.807) is 0 Å². The summed E-state index contributed by atoms with van der Waals surface area (Å²) in [6, 6.07) is 9.79. The average Bonchev–Trinajstić information content (AvgIpc) is 2.96. The van der Waals surface area contributed by atoms with Crippen LogP contribution in [0.5, 0.6) is 0 Å². The Bertz CT molecular complexity index is 1700. The Morgan fingerprint density at radius 1 is 0.378 bits per heavy atom. The van der Waals surface area contributed by atoms with Crippen molar-refractivity contribution in [2.24, 2.45) is 0 Å². The lowest BCUT2D eigenvalue weighted by molar-refractivity contribution is 0.0651. The SMILES string of the molecule is O=C(O)c1ccc(Nc2nc(Nc3ccc(C(=O)O)c(C(=O)O)c3)nc(Nc3ccc(C(=O)O)c(C(=O)O)c3)n2)cc1C(=O)O. The quantitative estimate of drug-likeness (QED) is 0.110. The minimum absolute atomic E-state index is 0.0263. The molecule has 0 saturated heterocycles. The summed E-state index contributed by atoms with van der Waals surface area (Å²) in [5.41, 5.74) is -3.08. The third-order valence-corrected chi connectivity index (χ3v) is 5.84. The molecule has 45 heavy (non-hydrogen) atoms. The Labute approximate surface area is 249 Å². The fraction of sp³-hybridized carbons (Fsp3) is 0. The summed E-state index contributed by atoms with van der Waals surface area (Å²) in [5, 5.41) is 64.2. The number of nitrogens with zero attached hydrogens (tertiary/aromatic N) is 3. The number of carboxylic acid groups (broad SMARTS) is 6. The number of hydrogen-bond donors (Lipinski definition) is 9. The topological polar surface area (TPSA) is 299 Å². The number of aromatic nitrogens is 3. The lowest BCUT2D eigenvalue weighted by Gasteiger charge is -2.13. The smallest absolute Gasteiger partial charge is 0.336 e. The molecule has 0 radical (unpaired) electrons. The molecule has 18 heteroatoms. The van der Waals surface area contributed by atoms with Gasteiger partial charge < -0.3 is 46.6 Å². The predicted octanol–water partition coefficient (Wildman–Crippen LogP) is 3.29. The molecule has 1 heterocycles. The zero-order valence-electron chi connectivity index (χ0n) is 22.2. The highest BCUT2D eigenvalue weighted by atomic mass is 16.4. The van der Waals surface area contributed by atoms with E-state index in [0.717, 1.165) is 36.4 Å². The first kappa shape index (κ1) is 30.8.